The lowest BCUT2D eigenvalue weighted by Gasteiger charge is -2.30. The fraction of sp³-hybridized carbons (Fsp3) is 0.923. The van der Waals surface area contributed by atoms with Gasteiger partial charge in [-0.2, -0.15) is 0 Å². The van der Waals surface area contributed by atoms with Crippen molar-refractivity contribution in [2.24, 2.45) is 5.92 Å². The average molecular weight is 240 g/mol. The van der Waals surface area contributed by atoms with E-state index in [9.17, 15) is 9.90 Å². The Balaban J connectivity index is 1.88. The van der Waals surface area contributed by atoms with Gasteiger partial charge in [-0.15, -0.1) is 0 Å². The standard InChI is InChI=1S/C13H24N2O2/c16-12(11-5-2-1-3-6-11)13(17)15-9-4-7-14-8-10-15/h11-12,14,16H,1-10H2. The molecular weight excluding hydrogens is 216 g/mol. The first kappa shape index (κ1) is 12.8. The van der Waals surface area contributed by atoms with Crippen LogP contribution in [0, 0.1) is 5.92 Å². The maximum Gasteiger partial charge on any atom is 0.251 e. The Morgan fingerprint density at radius 2 is 1.88 bits per heavy atom. The summed E-state index contributed by atoms with van der Waals surface area (Å²) < 4.78 is 0. The quantitative estimate of drug-likeness (QED) is 0.749. The molecule has 0 spiro atoms. The van der Waals surface area contributed by atoms with Gasteiger partial charge in [0, 0.05) is 19.6 Å². The Bertz CT molecular complexity index is 244. The van der Waals surface area contributed by atoms with Crippen LogP contribution in [0.1, 0.15) is 38.5 Å². The summed E-state index contributed by atoms with van der Waals surface area (Å²) in [7, 11) is 0. The molecule has 0 aromatic carbocycles. The van der Waals surface area contributed by atoms with Gasteiger partial charge in [0.1, 0.15) is 6.10 Å². The molecule has 2 aliphatic rings. The van der Waals surface area contributed by atoms with Crippen molar-refractivity contribution in [3.63, 3.8) is 0 Å². The van der Waals surface area contributed by atoms with E-state index in [4.69, 9.17) is 0 Å². The van der Waals surface area contributed by atoms with Crippen LogP contribution in [0.3, 0.4) is 0 Å². The molecule has 1 atom stereocenters. The van der Waals surface area contributed by atoms with E-state index < -0.39 is 6.10 Å². The van der Waals surface area contributed by atoms with Gasteiger partial charge in [0.15, 0.2) is 0 Å². The first-order valence-corrected chi connectivity index (χ1v) is 6.96. The van der Waals surface area contributed by atoms with Crippen LogP contribution in [0.25, 0.3) is 0 Å². The second-order valence-corrected chi connectivity index (χ2v) is 5.27. The molecule has 2 rings (SSSR count). The number of carbonyl (C=O) groups excluding carboxylic acids is 1. The molecule has 0 radical (unpaired) electrons. The van der Waals surface area contributed by atoms with Crippen molar-refractivity contribution in [1.82, 2.24) is 10.2 Å². The van der Waals surface area contributed by atoms with Gasteiger partial charge in [-0.05, 0) is 31.7 Å². The number of hydrogen-bond acceptors (Lipinski definition) is 3. The van der Waals surface area contributed by atoms with Gasteiger partial charge in [-0.1, -0.05) is 19.3 Å². The maximum atomic E-state index is 12.2. The minimum absolute atomic E-state index is 0.0411. The monoisotopic (exact) mass is 240 g/mol. The van der Waals surface area contributed by atoms with Crippen LogP contribution in [0.5, 0.6) is 0 Å². The Labute approximate surface area is 103 Å². The van der Waals surface area contributed by atoms with Crippen LogP contribution >= 0.6 is 0 Å². The van der Waals surface area contributed by atoms with Crippen LogP contribution in [0.4, 0.5) is 0 Å². The summed E-state index contributed by atoms with van der Waals surface area (Å²) >= 11 is 0. The van der Waals surface area contributed by atoms with Crippen molar-refractivity contribution in [3.05, 3.63) is 0 Å². The third-order valence-corrected chi connectivity index (χ3v) is 4.00. The summed E-state index contributed by atoms with van der Waals surface area (Å²) in [5.41, 5.74) is 0. The van der Waals surface area contributed by atoms with Crippen LogP contribution in [0.2, 0.25) is 0 Å². The maximum absolute atomic E-state index is 12.2. The molecule has 0 bridgehead atoms. The molecule has 1 saturated carbocycles. The lowest BCUT2D eigenvalue weighted by molar-refractivity contribution is -0.143. The van der Waals surface area contributed by atoms with E-state index in [2.05, 4.69) is 5.32 Å². The molecule has 0 aromatic heterocycles. The normalized spacial score (nSPS) is 25.4. The number of aliphatic hydroxyl groups excluding tert-OH is 1. The number of nitrogens with zero attached hydrogens (tertiary/aromatic N) is 1. The average Bonchev–Trinajstić information content (AvgIpc) is 2.67. The Hall–Kier alpha value is -0.610. The van der Waals surface area contributed by atoms with Gasteiger partial charge in [0.05, 0.1) is 0 Å². The first-order valence-electron chi connectivity index (χ1n) is 6.96. The topological polar surface area (TPSA) is 52.6 Å². The predicted molar refractivity (Wildman–Crippen MR) is 66.6 cm³/mol. The van der Waals surface area contributed by atoms with Crippen molar-refractivity contribution in [2.75, 3.05) is 26.2 Å². The van der Waals surface area contributed by atoms with E-state index in [1.807, 2.05) is 4.90 Å². The number of rotatable bonds is 2. The second kappa shape index (κ2) is 6.36. The van der Waals surface area contributed by atoms with E-state index in [1.54, 1.807) is 0 Å². The summed E-state index contributed by atoms with van der Waals surface area (Å²) in [6.45, 7) is 3.35. The largest absolute Gasteiger partial charge is 0.383 e. The molecule has 98 valence electrons. The van der Waals surface area contributed by atoms with Crippen LogP contribution < -0.4 is 5.32 Å². The summed E-state index contributed by atoms with van der Waals surface area (Å²) in [5, 5.41) is 13.4. The van der Waals surface area contributed by atoms with Crippen molar-refractivity contribution < 1.29 is 9.90 Å². The molecule has 2 N–H and O–H groups in total. The van der Waals surface area contributed by atoms with Crippen molar-refractivity contribution in [2.45, 2.75) is 44.6 Å². The highest BCUT2D eigenvalue weighted by molar-refractivity contribution is 5.81. The van der Waals surface area contributed by atoms with Crippen LogP contribution in [0.15, 0.2) is 0 Å². The zero-order chi connectivity index (χ0) is 12.1. The molecule has 4 heteroatoms. The molecular formula is C13H24N2O2. The van der Waals surface area contributed by atoms with Gasteiger partial charge in [-0.3, -0.25) is 4.79 Å². The molecule has 1 aliphatic carbocycles. The number of amides is 1. The molecule has 4 nitrogen and oxygen atoms in total. The summed E-state index contributed by atoms with van der Waals surface area (Å²) in [6, 6.07) is 0. The van der Waals surface area contributed by atoms with E-state index in [-0.39, 0.29) is 11.8 Å². The molecule has 1 heterocycles. The number of aliphatic hydroxyl groups is 1. The van der Waals surface area contributed by atoms with Gasteiger partial charge in [-0.25, -0.2) is 0 Å². The van der Waals surface area contributed by atoms with Gasteiger partial charge >= 0.3 is 0 Å². The molecule has 2 fully saturated rings. The van der Waals surface area contributed by atoms with Gasteiger partial charge in [0.2, 0.25) is 0 Å². The predicted octanol–water partition coefficient (Wildman–Crippen LogP) is 0.750. The minimum atomic E-state index is -0.756. The Morgan fingerprint density at radius 1 is 1.12 bits per heavy atom. The molecule has 1 saturated heterocycles. The Morgan fingerprint density at radius 3 is 2.65 bits per heavy atom. The molecule has 1 amide bonds. The lowest BCUT2D eigenvalue weighted by Crippen LogP contribution is -2.44. The highest BCUT2D eigenvalue weighted by Gasteiger charge is 2.30. The number of carbonyl (C=O) groups is 1. The SMILES string of the molecule is O=C(C(O)C1CCCCC1)N1CCCNCC1. The molecule has 17 heavy (non-hydrogen) atoms. The van der Waals surface area contributed by atoms with E-state index in [0.717, 1.165) is 58.3 Å². The van der Waals surface area contributed by atoms with E-state index in [1.165, 1.54) is 6.42 Å². The van der Waals surface area contributed by atoms with Crippen molar-refractivity contribution >= 4 is 5.91 Å². The van der Waals surface area contributed by atoms with Crippen molar-refractivity contribution in [3.8, 4) is 0 Å². The third-order valence-electron chi connectivity index (χ3n) is 4.00. The minimum Gasteiger partial charge on any atom is -0.383 e. The summed E-state index contributed by atoms with van der Waals surface area (Å²) in [5.74, 6) is 0.160. The smallest absolute Gasteiger partial charge is 0.251 e. The fourth-order valence-corrected chi connectivity index (χ4v) is 2.90. The van der Waals surface area contributed by atoms with E-state index in [0.29, 0.717) is 0 Å². The zero-order valence-corrected chi connectivity index (χ0v) is 10.5. The lowest BCUT2D eigenvalue weighted by atomic mass is 9.85. The summed E-state index contributed by atoms with van der Waals surface area (Å²) in [4.78, 5) is 14.0. The van der Waals surface area contributed by atoms with E-state index >= 15 is 0 Å². The third kappa shape index (κ3) is 3.42. The highest BCUT2D eigenvalue weighted by Crippen LogP contribution is 2.27. The summed E-state index contributed by atoms with van der Waals surface area (Å²) in [6.07, 6.45) is 5.84. The fourth-order valence-electron chi connectivity index (χ4n) is 2.90. The van der Waals surface area contributed by atoms with Gasteiger partial charge < -0.3 is 15.3 Å². The zero-order valence-electron chi connectivity index (χ0n) is 10.5. The Kier molecular flexibility index (Phi) is 4.80. The van der Waals surface area contributed by atoms with Crippen molar-refractivity contribution in [1.29, 1.82) is 0 Å². The highest BCUT2D eigenvalue weighted by atomic mass is 16.3. The number of hydrogen-bond donors (Lipinski definition) is 2. The second-order valence-electron chi connectivity index (χ2n) is 5.27. The molecule has 1 unspecified atom stereocenters. The first-order chi connectivity index (χ1) is 8.29. The number of nitrogens with one attached hydrogen (secondary N) is 1. The van der Waals surface area contributed by atoms with Crippen LogP contribution in [-0.4, -0.2) is 48.2 Å². The van der Waals surface area contributed by atoms with Crippen LogP contribution in [-0.2, 0) is 4.79 Å². The van der Waals surface area contributed by atoms with Gasteiger partial charge in [0.25, 0.3) is 5.91 Å². The molecule has 1 aliphatic heterocycles. The molecule has 0 aromatic rings.